The first-order chi connectivity index (χ1) is 17.5. The second-order valence-corrected chi connectivity index (χ2v) is 9.96. The van der Waals surface area contributed by atoms with Gasteiger partial charge in [0.05, 0.1) is 23.4 Å². The molecular formula is C28H31FN4O4. The Labute approximate surface area is 215 Å². The molecule has 2 aliphatic heterocycles. The smallest absolute Gasteiger partial charge is 0.412 e. The maximum atomic E-state index is 15.7. The van der Waals surface area contributed by atoms with E-state index in [2.05, 4.69) is 0 Å². The molecule has 4 rings (SSSR count). The molecule has 2 aliphatic rings. The van der Waals surface area contributed by atoms with Gasteiger partial charge in [-0.05, 0) is 55.2 Å². The van der Waals surface area contributed by atoms with E-state index in [1.54, 1.807) is 53.1 Å². The van der Waals surface area contributed by atoms with Crippen LogP contribution in [0.2, 0.25) is 0 Å². The van der Waals surface area contributed by atoms with Gasteiger partial charge in [-0.3, -0.25) is 14.5 Å². The Morgan fingerprint density at radius 2 is 1.70 bits per heavy atom. The number of anilines is 1. The van der Waals surface area contributed by atoms with Crippen molar-refractivity contribution in [3.63, 3.8) is 0 Å². The van der Waals surface area contributed by atoms with Crippen LogP contribution in [-0.4, -0.2) is 65.0 Å². The standard InChI is InChI=1S/C28H31FN4O4/c1-18-14-19(2)25(33(27(36)37)23-8-11-32(17-23)20(3)34)15-24(18)26(35)31-12-9-28(29,10-13-31)22-6-4-21(16-30)5-7-22/h4-7,14-15,23H,8-13,17H2,1-3H3,(H,36,37). The van der Waals surface area contributed by atoms with E-state index in [1.807, 2.05) is 13.0 Å². The number of halogens is 1. The van der Waals surface area contributed by atoms with Crippen LogP contribution in [-0.2, 0) is 10.5 Å². The van der Waals surface area contributed by atoms with E-state index >= 15 is 4.39 Å². The fourth-order valence-corrected chi connectivity index (χ4v) is 5.39. The van der Waals surface area contributed by atoms with Crippen molar-refractivity contribution < 1.29 is 23.9 Å². The number of carbonyl (C=O) groups is 3. The van der Waals surface area contributed by atoms with E-state index in [0.717, 1.165) is 11.1 Å². The summed E-state index contributed by atoms with van der Waals surface area (Å²) in [4.78, 5) is 42.1. The molecule has 9 heteroatoms. The summed E-state index contributed by atoms with van der Waals surface area (Å²) < 4.78 is 15.7. The molecular weight excluding hydrogens is 475 g/mol. The second kappa shape index (κ2) is 10.2. The molecule has 2 aromatic rings. The van der Waals surface area contributed by atoms with Crippen LogP contribution in [0.1, 0.15) is 58.8 Å². The van der Waals surface area contributed by atoms with Crippen LogP contribution in [0.5, 0.6) is 0 Å². The average molecular weight is 507 g/mol. The highest BCUT2D eigenvalue weighted by molar-refractivity contribution is 5.98. The van der Waals surface area contributed by atoms with Crippen molar-refractivity contribution in [2.24, 2.45) is 0 Å². The van der Waals surface area contributed by atoms with Crippen molar-refractivity contribution in [1.29, 1.82) is 5.26 Å². The fourth-order valence-electron chi connectivity index (χ4n) is 5.39. The quantitative estimate of drug-likeness (QED) is 0.663. The van der Waals surface area contributed by atoms with Crippen molar-refractivity contribution >= 4 is 23.6 Å². The number of nitriles is 1. The number of amides is 3. The van der Waals surface area contributed by atoms with E-state index < -0.39 is 17.8 Å². The number of hydrogen-bond acceptors (Lipinski definition) is 4. The van der Waals surface area contributed by atoms with Gasteiger partial charge in [0.2, 0.25) is 5.91 Å². The van der Waals surface area contributed by atoms with Gasteiger partial charge < -0.3 is 14.9 Å². The molecule has 0 aromatic heterocycles. The predicted molar refractivity (Wildman–Crippen MR) is 136 cm³/mol. The Bertz CT molecular complexity index is 1260. The number of carboxylic acid groups (broad SMARTS) is 1. The monoisotopic (exact) mass is 506 g/mol. The number of aryl methyl sites for hydroxylation is 2. The zero-order chi connectivity index (χ0) is 26.9. The molecule has 2 heterocycles. The summed E-state index contributed by atoms with van der Waals surface area (Å²) in [5, 5.41) is 19.0. The first kappa shape index (κ1) is 26.1. The molecule has 2 aromatic carbocycles. The summed E-state index contributed by atoms with van der Waals surface area (Å²) in [6.07, 6.45) is -0.356. The minimum Gasteiger partial charge on any atom is -0.465 e. The molecule has 1 N–H and O–H groups in total. The van der Waals surface area contributed by atoms with Crippen molar-refractivity contribution in [3.05, 3.63) is 64.2 Å². The summed E-state index contributed by atoms with van der Waals surface area (Å²) in [6, 6.07) is 11.5. The minimum atomic E-state index is -1.58. The number of likely N-dealkylation sites (tertiary alicyclic amines) is 2. The lowest BCUT2D eigenvalue weighted by Crippen LogP contribution is -2.44. The van der Waals surface area contributed by atoms with Gasteiger partial charge in [-0.25, -0.2) is 9.18 Å². The van der Waals surface area contributed by atoms with Crippen molar-refractivity contribution in [3.8, 4) is 6.07 Å². The Morgan fingerprint density at radius 3 is 2.24 bits per heavy atom. The van der Waals surface area contributed by atoms with Crippen molar-refractivity contribution in [2.45, 2.75) is 51.7 Å². The highest BCUT2D eigenvalue weighted by Gasteiger charge is 2.39. The van der Waals surface area contributed by atoms with Gasteiger partial charge >= 0.3 is 6.09 Å². The Balaban J connectivity index is 1.55. The lowest BCUT2D eigenvalue weighted by atomic mass is 9.85. The lowest BCUT2D eigenvalue weighted by Gasteiger charge is -2.37. The molecule has 0 saturated carbocycles. The van der Waals surface area contributed by atoms with Crippen molar-refractivity contribution in [2.75, 3.05) is 31.1 Å². The van der Waals surface area contributed by atoms with E-state index in [9.17, 15) is 19.5 Å². The molecule has 0 spiro atoms. The molecule has 1 atom stereocenters. The van der Waals surface area contributed by atoms with E-state index in [1.165, 1.54) is 11.8 Å². The van der Waals surface area contributed by atoms with Crippen LogP contribution >= 0.6 is 0 Å². The van der Waals surface area contributed by atoms with Gasteiger partial charge in [0.15, 0.2) is 0 Å². The topological polar surface area (TPSA) is 105 Å². The van der Waals surface area contributed by atoms with Gasteiger partial charge in [0.1, 0.15) is 5.67 Å². The lowest BCUT2D eigenvalue weighted by molar-refractivity contribution is -0.127. The van der Waals surface area contributed by atoms with Gasteiger partial charge in [-0.2, -0.15) is 5.26 Å². The molecule has 194 valence electrons. The fraction of sp³-hybridized carbons (Fsp3) is 0.429. The number of nitrogens with zero attached hydrogens (tertiary/aromatic N) is 4. The number of benzene rings is 2. The summed E-state index contributed by atoms with van der Waals surface area (Å²) in [5.74, 6) is -0.359. The molecule has 0 bridgehead atoms. The third-order valence-corrected chi connectivity index (χ3v) is 7.59. The molecule has 0 aliphatic carbocycles. The van der Waals surface area contributed by atoms with Gasteiger partial charge in [0.25, 0.3) is 5.91 Å². The van der Waals surface area contributed by atoms with Gasteiger partial charge in [0, 0.05) is 51.5 Å². The van der Waals surface area contributed by atoms with Crippen LogP contribution in [0.3, 0.4) is 0 Å². The van der Waals surface area contributed by atoms with Gasteiger partial charge in [-0.1, -0.05) is 18.2 Å². The minimum absolute atomic E-state index is 0.0978. The Morgan fingerprint density at radius 1 is 1.05 bits per heavy atom. The summed E-state index contributed by atoms with van der Waals surface area (Å²) in [5.41, 5.74) is 1.64. The first-order valence-electron chi connectivity index (χ1n) is 12.4. The molecule has 2 fully saturated rings. The average Bonchev–Trinajstić information content (AvgIpc) is 3.35. The second-order valence-electron chi connectivity index (χ2n) is 9.96. The third-order valence-electron chi connectivity index (χ3n) is 7.59. The highest BCUT2D eigenvalue weighted by Crippen LogP contribution is 2.38. The van der Waals surface area contributed by atoms with Crippen LogP contribution in [0, 0.1) is 25.2 Å². The van der Waals surface area contributed by atoms with Crippen LogP contribution in [0.15, 0.2) is 36.4 Å². The number of carbonyl (C=O) groups excluding carboxylic acids is 2. The van der Waals surface area contributed by atoms with E-state index in [0.29, 0.717) is 41.9 Å². The largest absolute Gasteiger partial charge is 0.465 e. The molecule has 8 nitrogen and oxygen atoms in total. The van der Waals surface area contributed by atoms with E-state index in [4.69, 9.17) is 5.26 Å². The number of hydrogen-bond donors (Lipinski definition) is 1. The normalized spacial score (nSPS) is 18.8. The Hall–Kier alpha value is -3.93. The molecule has 2 saturated heterocycles. The third kappa shape index (κ3) is 5.15. The molecule has 1 unspecified atom stereocenters. The molecule has 0 radical (unpaired) electrons. The van der Waals surface area contributed by atoms with E-state index in [-0.39, 0.29) is 37.7 Å². The van der Waals surface area contributed by atoms with Crippen LogP contribution in [0.4, 0.5) is 14.9 Å². The zero-order valence-corrected chi connectivity index (χ0v) is 21.3. The number of alkyl halides is 1. The summed E-state index contributed by atoms with van der Waals surface area (Å²) in [7, 11) is 0. The summed E-state index contributed by atoms with van der Waals surface area (Å²) in [6.45, 7) is 6.31. The molecule has 37 heavy (non-hydrogen) atoms. The van der Waals surface area contributed by atoms with Gasteiger partial charge in [-0.15, -0.1) is 0 Å². The SMILES string of the molecule is CC(=O)N1CCC(N(C(=O)O)c2cc(C(=O)N3CCC(F)(c4ccc(C#N)cc4)CC3)c(C)cc2C)C1. The number of piperidine rings is 1. The van der Waals surface area contributed by atoms with Crippen LogP contribution < -0.4 is 4.90 Å². The predicted octanol–water partition coefficient (Wildman–Crippen LogP) is 4.38. The maximum absolute atomic E-state index is 15.7. The Kier molecular flexibility index (Phi) is 7.21. The maximum Gasteiger partial charge on any atom is 0.412 e. The van der Waals surface area contributed by atoms with Crippen molar-refractivity contribution in [1.82, 2.24) is 9.80 Å². The first-order valence-corrected chi connectivity index (χ1v) is 12.4. The molecule has 3 amide bonds. The number of rotatable bonds is 4. The highest BCUT2D eigenvalue weighted by atomic mass is 19.1. The zero-order valence-electron chi connectivity index (χ0n) is 21.3. The summed E-state index contributed by atoms with van der Waals surface area (Å²) >= 11 is 0. The van der Waals surface area contributed by atoms with Crippen LogP contribution in [0.25, 0.3) is 0 Å².